The van der Waals surface area contributed by atoms with Gasteiger partial charge in [0.1, 0.15) is 11.3 Å². The fourth-order valence-corrected chi connectivity index (χ4v) is 4.88. The van der Waals surface area contributed by atoms with Gasteiger partial charge in [0.15, 0.2) is 9.84 Å². The van der Waals surface area contributed by atoms with Crippen LogP contribution in [0.1, 0.15) is 20.3 Å². The van der Waals surface area contributed by atoms with Crippen molar-refractivity contribution in [2.75, 3.05) is 36.1 Å². The quantitative estimate of drug-likeness (QED) is 0.850. The maximum Gasteiger partial charge on any atom is 0.152 e. The summed E-state index contributed by atoms with van der Waals surface area (Å²) in [5.41, 5.74) is 1.87. The number of nitrogens with zero attached hydrogens (tertiary/aromatic N) is 2. The van der Waals surface area contributed by atoms with Gasteiger partial charge in [-0.15, -0.1) is 0 Å². The predicted molar refractivity (Wildman–Crippen MR) is 97.6 cm³/mol. The summed E-state index contributed by atoms with van der Waals surface area (Å²) in [7, 11) is -2.96. The van der Waals surface area contributed by atoms with E-state index in [1.54, 1.807) is 6.20 Å². The highest BCUT2D eigenvalue weighted by atomic mass is 32.2. The molecule has 1 aromatic heterocycles. The SMILES string of the molecule is CCCOc1cccc2c(N3CCS(=O)(=O)CC(C)C3)ccnc12. The van der Waals surface area contributed by atoms with Gasteiger partial charge in [-0.05, 0) is 24.5 Å². The minimum Gasteiger partial charge on any atom is -0.491 e. The summed E-state index contributed by atoms with van der Waals surface area (Å²) in [6.45, 7) is 5.98. The Kier molecular flexibility index (Phi) is 4.94. The zero-order valence-corrected chi connectivity index (χ0v) is 15.1. The highest BCUT2D eigenvalue weighted by Gasteiger charge is 2.25. The first-order valence-electron chi connectivity index (χ1n) is 8.46. The zero-order chi connectivity index (χ0) is 17.2. The lowest BCUT2D eigenvalue weighted by Crippen LogP contribution is -2.29. The minimum atomic E-state index is -2.96. The van der Waals surface area contributed by atoms with Crippen molar-refractivity contribution in [2.24, 2.45) is 5.92 Å². The number of hydrogen-bond donors (Lipinski definition) is 0. The van der Waals surface area contributed by atoms with E-state index in [0.717, 1.165) is 35.3 Å². The average Bonchev–Trinajstić information content (AvgIpc) is 2.69. The number of para-hydroxylation sites is 1. The fourth-order valence-electron chi connectivity index (χ4n) is 3.24. The van der Waals surface area contributed by atoms with E-state index in [4.69, 9.17) is 4.74 Å². The molecule has 1 saturated heterocycles. The van der Waals surface area contributed by atoms with Gasteiger partial charge in [0, 0.05) is 30.4 Å². The number of ether oxygens (including phenoxy) is 1. The van der Waals surface area contributed by atoms with Gasteiger partial charge in [-0.1, -0.05) is 26.0 Å². The molecule has 0 N–H and O–H groups in total. The summed E-state index contributed by atoms with van der Waals surface area (Å²) in [6, 6.07) is 7.90. The molecule has 0 spiro atoms. The topological polar surface area (TPSA) is 59.5 Å². The van der Waals surface area contributed by atoms with E-state index < -0.39 is 9.84 Å². The molecule has 3 rings (SSSR count). The van der Waals surface area contributed by atoms with Gasteiger partial charge in [-0.2, -0.15) is 0 Å². The Balaban J connectivity index is 2.00. The average molecular weight is 348 g/mol. The molecule has 0 radical (unpaired) electrons. The van der Waals surface area contributed by atoms with Crippen LogP contribution in [-0.2, 0) is 9.84 Å². The van der Waals surface area contributed by atoms with Gasteiger partial charge in [-0.25, -0.2) is 8.42 Å². The highest BCUT2D eigenvalue weighted by Crippen LogP contribution is 2.32. The second-order valence-corrected chi connectivity index (χ2v) is 8.73. The van der Waals surface area contributed by atoms with E-state index in [9.17, 15) is 8.42 Å². The number of sulfone groups is 1. The van der Waals surface area contributed by atoms with E-state index in [1.165, 1.54) is 0 Å². The lowest BCUT2D eigenvalue weighted by atomic mass is 10.1. The number of fused-ring (bicyclic) bond motifs is 1. The monoisotopic (exact) mass is 348 g/mol. The normalized spacial score (nSPS) is 20.8. The molecule has 0 saturated carbocycles. The largest absolute Gasteiger partial charge is 0.491 e. The maximum atomic E-state index is 12.0. The molecular formula is C18H24N2O3S. The predicted octanol–water partition coefficient (Wildman–Crippen LogP) is 2.89. The first kappa shape index (κ1) is 17.0. The molecule has 6 heteroatoms. The molecule has 5 nitrogen and oxygen atoms in total. The summed E-state index contributed by atoms with van der Waals surface area (Å²) in [4.78, 5) is 6.66. The molecule has 24 heavy (non-hydrogen) atoms. The molecule has 1 aromatic carbocycles. The summed E-state index contributed by atoms with van der Waals surface area (Å²) >= 11 is 0. The summed E-state index contributed by atoms with van der Waals surface area (Å²) < 4.78 is 29.9. The fraction of sp³-hybridized carbons (Fsp3) is 0.500. The molecule has 1 fully saturated rings. The van der Waals surface area contributed by atoms with Crippen LogP contribution in [-0.4, -0.2) is 44.6 Å². The van der Waals surface area contributed by atoms with Crippen LogP contribution in [0, 0.1) is 5.92 Å². The number of benzene rings is 1. The molecule has 0 bridgehead atoms. The Labute approximate surface area is 143 Å². The second-order valence-electron chi connectivity index (χ2n) is 6.50. The Bertz CT molecular complexity index is 820. The molecular weight excluding hydrogens is 324 g/mol. The lowest BCUT2D eigenvalue weighted by Gasteiger charge is -2.25. The van der Waals surface area contributed by atoms with Crippen LogP contribution in [0.3, 0.4) is 0 Å². The van der Waals surface area contributed by atoms with Crippen LogP contribution >= 0.6 is 0 Å². The van der Waals surface area contributed by atoms with E-state index in [0.29, 0.717) is 13.2 Å². The molecule has 1 unspecified atom stereocenters. The number of aromatic nitrogens is 1. The second kappa shape index (κ2) is 6.97. The van der Waals surface area contributed by atoms with Crippen LogP contribution in [0.4, 0.5) is 5.69 Å². The molecule has 1 aliphatic rings. The van der Waals surface area contributed by atoms with Crippen molar-refractivity contribution in [3.05, 3.63) is 30.5 Å². The third-order valence-electron chi connectivity index (χ3n) is 4.26. The Morgan fingerprint density at radius 2 is 2.17 bits per heavy atom. The summed E-state index contributed by atoms with van der Waals surface area (Å²) in [5, 5.41) is 1.01. The molecule has 0 amide bonds. The van der Waals surface area contributed by atoms with Crippen molar-refractivity contribution < 1.29 is 13.2 Å². The Hall–Kier alpha value is -1.82. The van der Waals surface area contributed by atoms with Crippen LogP contribution in [0.2, 0.25) is 0 Å². The van der Waals surface area contributed by atoms with Gasteiger partial charge in [-0.3, -0.25) is 4.98 Å². The number of anilines is 1. The van der Waals surface area contributed by atoms with Crippen molar-refractivity contribution in [3.8, 4) is 5.75 Å². The zero-order valence-electron chi connectivity index (χ0n) is 14.2. The number of hydrogen-bond acceptors (Lipinski definition) is 5. The lowest BCUT2D eigenvalue weighted by molar-refractivity contribution is 0.320. The van der Waals surface area contributed by atoms with Crippen molar-refractivity contribution in [2.45, 2.75) is 20.3 Å². The third kappa shape index (κ3) is 3.64. The Morgan fingerprint density at radius 3 is 2.96 bits per heavy atom. The van der Waals surface area contributed by atoms with Crippen molar-refractivity contribution in [1.82, 2.24) is 4.98 Å². The first-order chi connectivity index (χ1) is 11.5. The summed E-state index contributed by atoms with van der Waals surface area (Å²) in [5.74, 6) is 1.36. The van der Waals surface area contributed by atoms with E-state index in [2.05, 4.69) is 16.8 Å². The number of rotatable bonds is 4. The van der Waals surface area contributed by atoms with Gasteiger partial charge in [0.2, 0.25) is 0 Å². The third-order valence-corrected chi connectivity index (χ3v) is 6.14. The summed E-state index contributed by atoms with van der Waals surface area (Å²) in [6.07, 6.45) is 2.72. The van der Waals surface area contributed by atoms with E-state index in [-0.39, 0.29) is 17.4 Å². The number of pyridine rings is 1. The molecule has 1 aliphatic heterocycles. The molecule has 0 aliphatic carbocycles. The van der Waals surface area contributed by atoms with Crippen LogP contribution in [0.15, 0.2) is 30.5 Å². The van der Waals surface area contributed by atoms with Crippen LogP contribution in [0.25, 0.3) is 10.9 Å². The molecule has 1 atom stereocenters. The standard InChI is InChI=1S/C18H24N2O3S/c1-3-10-23-17-6-4-5-15-16(7-8-19-18(15)17)20-9-11-24(21,22)13-14(2)12-20/h4-8,14H,3,9-13H2,1-2H3. The highest BCUT2D eigenvalue weighted by molar-refractivity contribution is 7.91. The molecule has 2 heterocycles. The smallest absolute Gasteiger partial charge is 0.152 e. The van der Waals surface area contributed by atoms with Crippen molar-refractivity contribution >= 4 is 26.4 Å². The molecule has 130 valence electrons. The van der Waals surface area contributed by atoms with Crippen LogP contribution in [0.5, 0.6) is 5.75 Å². The molecule has 2 aromatic rings. The van der Waals surface area contributed by atoms with Crippen molar-refractivity contribution in [1.29, 1.82) is 0 Å². The van der Waals surface area contributed by atoms with Gasteiger partial charge in [0.05, 0.1) is 18.1 Å². The van der Waals surface area contributed by atoms with Gasteiger partial charge in [0.25, 0.3) is 0 Å². The van der Waals surface area contributed by atoms with E-state index >= 15 is 0 Å². The van der Waals surface area contributed by atoms with Crippen molar-refractivity contribution in [3.63, 3.8) is 0 Å². The minimum absolute atomic E-state index is 0.111. The Morgan fingerprint density at radius 1 is 1.33 bits per heavy atom. The van der Waals surface area contributed by atoms with Gasteiger partial charge < -0.3 is 9.64 Å². The van der Waals surface area contributed by atoms with Gasteiger partial charge >= 0.3 is 0 Å². The van der Waals surface area contributed by atoms with Crippen LogP contribution < -0.4 is 9.64 Å². The van der Waals surface area contributed by atoms with E-state index in [1.807, 2.05) is 31.2 Å². The maximum absolute atomic E-state index is 12.0. The first-order valence-corrected chi connectivity index (χ1v) is 10.3.